The summed E-state index contributed by atoms with van der Waals surface area (Å²) < 4.78 is 0. The maximum absolute atomic E-state index is 10.3. The lowest BCUT2D eigenvalue weighted by atomic mass is 10.1. The van der Waals surface area contributed by atoms with Gasteiger partial charge in [0.05, 0.1) is 0 Å². The SMILES string of the molecule is NCCCCc1ccc(C=CC(=O)O)cc1. The summed E-state index contributed by atoms with van der Waals surface area (Å²) in [4.78, 5) is 10.3. The molecule has 0 fully saturated rings. The van der Waals surface area contributed by atoms with Crippen molar-refractivity contribution in [2.75, 3.05) is 6.54 Å². The molecule has 0 amide bonds. The molecule has 0 saturated carbocycles. The Kier molecular flexibility index (Phi) is 5.29. The van der Waals surface area contributed by atoms with Crippen molar-refractivity contribution >= 4 is 12.0 Å². The zero-order valence-corrected chi connectivity index (χ0v) is 9.23. The molecule has 3 nitrogen and oxygen atoms in total. The molecule has 1 aromatic carbocycles. The van der Waals surface area contributed by atoms with E-state index in [9.17, 15) is 4.79 Å². The van der Waals surface area contributed by atoms with Gasteiger partial charge in [-0.1, -0.05) is 24.3 Å². The first-order chi connectivity index (χ1) is 7.72. The third-order valence-corrected chi connectivity index (χ3v) is 2.32. The number of nitrogens with two attached hydrogens (primary N) is 1. The predicted molar refractivity (Wildman–Crippen MR) is 65.1 cm³/mol. The minimum Gasteiger partial charge on any atom is -0.478 e. The van der Waals surface area contributed by atoms with Gasteiger partial charge in [-0.15, -0.1) is 0 Å². The molecule has 1 rings (SSSR count). The van der Waals surface area contributed by atoms with Crippen molar-refractivity contribution in [1.29, 1.82) is 0 Å². The number of carboxylic acid groups (broad SMARTS) is 1. The highest BCUT2D eigenvalue weighted by Crippen LogP contribution is 2.08. The third kappa shape index (κ3) is 4.75. The lowest BCUT2D eigenvalue weighted by Crippen LogP contribution is -1.98. The molecule has 0 unspecified atom stereocenters. The van der Waals surface area contributed by atoms with Crippen LogP contribution in [0.15, 0.2) is 30.3 Å². The molecule has 1 aromatic rings. The molecule has 0 aliphatic heterocycles. The molecular weight excluding hydrogens is 202 g/mol. The first-order valence-corrected chi connectivity index (χ1v) is 5.42. The number of hydrogen-bond acceptors (Lipinski definition) is 2. The Labute approximate surface area is 95.6 Å². The maximum atomic E-state index is 10.3. The second-order valence-electron chi connectivity index (χ2n) is 3.66. The lowest BCUT2D eigenvalue weighted by molar-refractivity contribution is -0.131. The van der Waals surface area contributed by atoms with Gasteiger partial charge in [-0.2, -0.15) is 0 Å². The summed E-state index contributed by atoms with van der Waals surface area (Å²) in [5.41, 5.74) is 7.59. The molecule has 0 aliphatic carbocycles. The molecule has 0 atom stereocenters. The van der Waals surface area contributed by atoms with Crippen LogP contribution in [0.2, 0.25) is 0 Å². The van der Waals surface area contributed by atoms with Crippen molar-refractivity contribution in [3.63, 3.8) is 0 Å². The Balaban J connectivity index is 2.51. The van der Waals surface area contributed by atoms with E-state index < -0.39 is 5.97 Å². The standard InChI is InChI=1S/C13H17NO2/c14-10-2-1-3-11-4-6-12(7-5-11)8-9-13(15)16/h4-9H,1-3,10,14H2,(H,15,16). The molecule has 0 aliphatic rings. The summed E-state index contributed by atoms with van der Waals surface area (Å²) in [6, 6.07) is 7.91. The number of aliphatic carboxylic acids is 1. The van der Waals surface area contributed by atoms with E-state index in [0.717, 1.165) is 37.4 Å². The zero-order chi connectivity index (χ0) is 11.8. The van der Waals surface area contributed by atoms with E-state index in [1.54, 1.807) is 6.08 Å². The first-order valence-electron chi connectivity index (χ1n) is 5.42. The average molecular weight is 219 g/mol. The second kappa shape index (κ2) is 6.80. The van der Waals surface area contributed by atoms with E-state index in [-0.39, 0.29) is 0 Å². The molecule has 0 spiro atoms. The number of hydrogen-bond donors (Lipinski definition) is 2. The summed E-state index contributed by atoms with van der Waals surface area (Å²) in [6.45, 7) is 0.736. The monoisotopic (exact) mass is 219 g/mol. The molecule has 0 heterocycles. The van der Waals surface area contributed by atoms with Crippen LogP contribution in [0.25, 0.3) is 6.08 Å². The molecular formula is C13H17NO2. The van der Waals surface area contributed by atoms with Crippen LogP contribution in [0.1, 0.15) is 24.0 Å². The van der Waals surface area contributed by atoms with E-state index in [1.807, 2.05) is 24.3 Å². The minimum absolute atomic E-state index is 0.736. The third-order valence-electron chi connectivity index (χ3n) is 2.32. The Morgan fingerprint density at radius 3 is 2.50 bits per heavy atom. The van der Waals surface area contributed by atoms with Crippen LogP contribution in [0.5, 0.6) is 0 Å². The highest BCUT2D eigenvalue weighted by Gasteiger charge is 1.94. The van der Waals surface area contributed by atoms with Crippen LogP contribution in [0.3, 0.4) is 0 Å². The van der Waals surface area contributed by atoms with Gasteiger partial charge in [0.1, 0.15) is 0 Å². The highest BCUT2D eigenvalue weighted by molar-refractivity contribution is 5.85. The van der Waals surface area contributed by atoms with Crippen LogP contribution in [-0.2, 0) is 11.2 Å². The van der Waals surface area contributed by atoms with Crippen LogP contribution < -0.4 is 5.73 Å². The molecule has 16 heavy (non-hydrogen) atoms. The molecule has 3 heteroatoms. The Morgan fingerprint density at radius 1 is 1.25 bits per heavy atom. The zero-order valence-electron chi connectivity index (χ0n) is 9.23. The van der Waals surface area contributed by atoms with Gasteiger partial charge >= 0.3 is 5.97 Å². The average Bonchev–Trinajstić information content (AvgIpc) is 2.28. The van der Waals surface area contributed by atoms with Crippen molar-refractivity contribution < 1.29 is 9.90 Å². The van der Waals surface area contributed by atoms with Crippen LogP contribution in [0, 0.1) is 0 Å². The lowest BCUT2D eigenvalue weighted by Gasteiger charge is -2.01. The van der Waals surface area contributed by atoms with E-state index >= 15 is 0 Å². The van der Waals surface area contributed by atoms with Gasteiger partial charge < -0.3 is 10.8 Å². The van der Waals surface area contributed by atoms with E-state index in [4.69, 9.17) is 10.8 Å². The topological polar surface area (TPSA) is 63.3 Å². The number of rotatable bonds is 6. The normalized spacial score (nSPS) is 10.8. The van der Waals surface area contributed by atoms with E-state index in [2.05, 4.69) is 0 Å². The fourth-order valence-electron chi connectivity index (χ4n) is 1.44. The van der Waals surface area contributed by atoms with E-state index in [0.29, 0.717) is 0 Å². The van der Waals surface area contributed by atoms with Crippen molar-refractivity contribution in [2.24, 2.45) is 5.73 Å². The number of benzene rings is 1. The second-order valence-corrected chi connectivity index (χ2v) is 3.66. The molecule has 0 bridgehead atoms. The maximum Gasteiger partial charge on any atom is 0.328 e. The fraction of sp³-hybridized carbons (Fsp3) is 0.308. The Bertz CT molecular complexity index is 355. The predicted octanol–water partition coefficient (Wildman–Crippen LogP) is 2.07. The van der Waals surface area contributed by atoms with Crippen molar-refractivity contribution in [3.8, 4) is 0 Å². The summed E-state index contributed by atoms with van der Waals surface area (Å²) in [5, 5.41) is 8.47. The molecule has 3 N–H and O–H groups in total. The quantitative estimate of drug-likeness (QED) is 0.568. The van der Waals surface area contributed by atoms with Gasteiger partial charge in [-0.05, 0) is 43.0 Å². The number of carboxylic acids is 1. The largest absolute Gasteiger partial charge is 0.478 e. The smallest absolute Gasteiger partial charge is 0.328 e. The summed E-state index contributed by atoms with van der Waals surface area (Å²) in [7, 11) is 0. The van der Waals surface area contributed by atoms with Crippen molar-refractivity contribution in [1.82, 2.24) is 0 Å². The van der Waals surface area contributed by atoms with Gasteiger partial charge in [0.25, 0.3) is 0 Å². The first kappa shape index (κ1) is 12.5. The van der Waals surface area contributed by atoms with Gasteiger partial charge in [0.15, 0.2) is 0 Å². The van der Waals surface area contributed by atoms with E-state index in [1.165, 1.54) is 5.56 Å². The number of unbranched alkanes of at least 4 members (excludes halogenated alkanes) is 1. The van der Waals surface area contributed by atoms with Crippen LogP contribution >= 0.6 is 0 Å². The van der Waals surface area contributed by atoms with Crippen molar-refractivity contribution in [2.45, 2.75) is 19.3 Å². The fourth-order valence-corrected chi connectivity index (χ4v) is 1.44. The Morgan fingerprint density at radius 2 is 1.94 bits per heavy atom. The molecule has 0 radical (unpaired) electrons. The van der Waals surface area contributed by atoms with Gasteiger partial charge in [-0.25, -0.2) is 4.79 Å². The van der Waals surface area contributed by atoms with Gasteiger partial charge in [-0.3, -0.25) is 0 Å². The van der Waals surface area contributed by atoms with Crippen molar-refractivity contribution in [3.05, 3.63) is 41.5 Å². The number of aryl methyl sites for hydroxylation is 1. The van der Waals surface area contributed by atoms with Crippen LogP contribution in [-0.4, -0.2) is 17.6 Å². The van der Waals surface area contributed by atoms with Crippen LogP contribution in [0.4, 0.5) is 0 Å². The summed E-state index contributed by atoms with van der Waals surface area (Å²) in [6.07, 6.45) is 5.90. The van der Waals surface area contributed by atoms with Gasteiger partial charge in [0, 0.05) is 6.08 Å². The summed E-state index contributed by atoms with van der Waals surface area (Å²) >= 11 is 0. The molecule has 86 valence electrons. The number of carbonyl (C=O) groups is 1. The molecule has 0 saturated heterocycles. The summed E-state index contributed by atoms with van der Waals surface area (Å²) in [5.74, 6) is -0.924. The molecule has 0 aromatic heterocycles. The highest BCUT2D eigenvalue weighted by atomic mass is 16.4. The van der Waals surface area contributed by atoms with Gasteiger partial charge in [0.2, 0.25) is 0 Å². The minimum atomic E-state index is -0.924. The Hall–Kier alpha value is -1.61.